The summed E-state index contributed by atoms with van der Waals surface area (Å²) in [5, 5.41) is 0. The van der Waals surface area contributed by atoms with Crippen LogP contribution >= 0.6 is 0 Å². The second-order valence-electron chi connectivity index (χ2n) is 7.84. The van der Waals surface area contributed by atoms with Crippen LogP contribution in [0.5, 0.6) is 0 Å². The maximum Gasteiger partial charge on any atom is 0.334 e. The van der Waals surface area contributed by atoms with Crippen molar-refractivity contribution in [3.63, 3.8) is 0 Å². The van der Waals surface area contributed by atoms with Crippen molar-refractivity contribution in [1.82, 2.24) is 9.97 Å². The minimum Gasteiger partial charge on any atom is -0.458 e. The van der Waals surface area contributed by atoms with Crippen LogP contribution in [0.4, 0.5) is 0 Å². The largest absolute Gasteiger partial charge is 0.458 e. The lowest BCUT2D eigenvalue weighted by Crippen LogP contribution is -2.43. The molecule has 1 aromatic heterocycles. The number of carbonyl (C=O) groups excluding carboxylic acids is 1. The van der Waals surface area contributed by atoms with Gasteiger partial charge in [0.1, 0.15) is 6.10 Å². The minimum absolute atomic E-state index is 0.0215. The van der Waals surface area contributed by atoms with E-state index in [0.717, 1.165) is 32.1 Å². The molecule has 0 radical (unpaired) electrons. The summed E-state index contributed by atoms with van der Waals surface area (Å²) < 4.78 is 5.64. The van der Waals surface area contributed by atoms with Crippen LogP contribution in [0.25, 0.3) is 6.08 Å². The van der Waals surface area contributed by atoms with Crippen molar-refractivity contribution in [2.75, 3.05) is 0 Å². The van der Waals surface area contributed by atoms with Crippen LogP contribution in [-0.2, 0) is 9.53 Å². The fraction of sp³-hybridized carbons (Fsp3) is 0.526. The number of H-pyrrole nitrogens is 2. The van der Waals surface area contributed by atoms with E-state index in [1.54, 1.807) is 6.08 Å². The van der Waals surface area contributed by atoms with E-state index in [1.807, 2.05) is 0 Å². The summed E-state index contributed by atoms with van der Waals surface area (Å²) in [4.78, 5) is 40.1. The van der Waals surface area contributed by atoms with Crippen molar-refractivity contribution >= 4 is 12.0 Å². The normalized spacial score (nSPS) is 36.0. The Labute approximate surface area is 145 Å². The fourth-order valence-corrected chi connectivity index (χ4v) is 4.93. The van der Waals surface area contributed by atoms with Gasteiger partial charge in [0.25, 0.3) is 5.56 Å². The Kier molecular flexibility index (Phi) is 3.60. The summed E-state index contributed by atoms with van der Waals surface area (Å²) in [6.45, 7) is 6.55. The van der Waals surface area contributed by atoms with Gasteiger partial charge in [-0.05, 0) is 49.5 Å². The monoisotopic (exact) mass is 342 g/mol. The highest BCUT2D eigenvalue weighted by Crippen LogP contribution is 2.56. The van der Waals surface area contributed by atoms with E-state index in [1.165, 1.54) is 11.8 Å². The molecule has 1 aliphatic heterocycles. The average molecular weight is 342 g/mol. The van der Waals surface area contributed by atoms with Gasteiger partial charge in [-0.3, -0.25) is 9.78 Å². The number of esters is 1. The molecule has 0 amide bonds. The van der Waals surface area contributed by atoms with Gasteiger partial charge in [-0.25, -0.2) is 9.59 Å². The molecule has 2 heterocycles. The third-order valence-electron chi connectivity index (χ3n) is 6.24. The molecule has 3 fully saturated rings. The van der Waals surface area contributed by atoms with Gasteiger partial charge in [0, 0.05) is 17.7 Å². The Balaban J connectivity index is 1.70. The van der Waals surface area contributed by atoms with E-state index < -0.39 is 11.2 Å². The lowest BCUT2D eigenvalue weighted by Gasteiger charge is -2.49. The molecule has 1 saturated heterocycles. The van der Waals surface area contributed by atoms with E-state index in [9.17, 15) is 14.4 Å². The predicted octanol–water partition coefficient (Wildman–Crippen LogP) is 2.14. The van der Waals surface area contributed by atoms with Crippen LogP contribution in [0.15, 0.2) is 33.5 Å². The average Bonchev–Trinajstić information content (AvgIpc) is 2.82. The lowest BCUT2D eigenvalue weighted by atomic mass is 9.56. The number of fused-ring (bicyclic) bond motifs is 2. The van der Waals surface area contributed by atoms with E-state index in [0.29, 0.717) is 11.5 Å². The molecule has 2 saturated carbocycles. The van der Waals surface area contributed by atoms with Crippen molar-refractivity contribution in [1.29, 1.82) is 0 Å². The summed E-state index contributed by atoms with van der Waals surface area (Å²) in [7, 11) is 0. The molecule has 2 aliphatic carbocycles. The van der Waals surface area contributed by atoms with Crippen LogP contribution in [0.2, 0.25) is 0 Å². The first-order chi connectivity index (χ1) is 11.9. The minimum atomic E-state index is -0.564. The third-order valence-corrected chi connectivity index (χ3v) is 6.24. The Morgan fingerprint density at radius 1 is 1.36 bits per heavy atom. The predicted molar refractivity (Wildman–Crippen MR) is 92.9 cm³/mol. The Hall–Kier alpha value is -2.37. The zero-order chi connectivity index (χ0) is 17.8. The standard InChI is InChI=1S/C19H22N2O4/c1-10-4-3-5-19(2)8-15-12(7-14(10)19)13(17(23)25-15)6-11-9-20-18(24)21-16(11)22/h6,9,12,14-15H,1,3-5,7-8H2,2H3,(H2,20,21,22,24)/b13-6-/t12-,14+,15-,19-/m1/s1. The van der Waals surface area contributed by atoms with Crippen LogP contribution in [0.1, 0.15) is 44.6 Å². The Bertz CT molecular complexity index is 893. The number of aromatic amines is 2. The van der Waals surface area contributed by atoms with Crippen LogP contribution in [0, 0.1) is 17.3 Å². The first kappa shape index (κ1) is 16.1. The zero-order valence-electron chi connectivity index (χ0n) is 14.3. The molecule has 0 bridgehead atoms. The lowest BCUT2D eigenvalue weighted by molar-refractivity contribution is -0.142. The second-order valence-corrected chi connectivity index (χ2v) is 7.84. The van der Waals surface area contributed by atoms with Gasteiger partial charge in [0.2, 0.25) is 0 Å². The molecular formula is C19H22N2O4. The summed E-state index contributed by atoms with van der Waals surface area (Å²) >= 11 is 0. The summed E-state index contributed by atoms with van der Waals surface area (Å²) in [6, 6.07) is 0. The third kappa shape index (κ3) is 2.60. The topological polar surface area (TPSA) is 92.0 Å². The first-order valence-electron chi connectivity index (χ1n) is 8.80. The summed E-state index contributed by atoms with van der Waals surface area (Å²) in [5.74, 6) is 0.00877. The molecule has 2 N–H and O–H groups in total. The first-order valence-corrected chi connectivity index (χ1v) is 8.80. The Morgan fingerprint density at radius 2 is 2.16 bits per heavy atom. The van der Waals surface area contributed by atoms with Gasteiger partial charge in [0.05, 0.1) is 5.56 Å². The molecule has 1 aromatic rings. The van der Waals surface area contributed by atoms with Crippen LogP contribution in [0.3, 0.4) is 0 Å². The van der Waals surface area contributed by atoms with Gasteiger partial charge < -0.3 is 9.72 Å². The molecule has 6 nitrogen and oxygen atoms in total. The molecule has 0 unspecified atom stereocenters. The molecule has 4 atom stereocenters. The SMILES string of the molecule is C=C1CCC[C@]2(C)C[C@H]3OC(=O)/C(=C\c4c[nH]c(=O)[nH]c4=O)[C@H]3C[C@@H]12. The Morgan fingerprint density at radius 3 is 2.92 bits per heavy atom. The molecule has 0 aromatic carbocycles. The number of hydrogen-bond acceptors (Lipinski definition) is 4. The quantitative estimate of drug-likeness (QED) is 0.465. The van der Waals surface area contributed by atoms with Crippen molar-refractivity contribution < 1.29 is 9.53 Å². The van der Waals surface area contributed by atoms with E-state index in [2.05, 4.69) is 23.5 Å². The number of aromatic nitrogens is 2. The molecule has 25 heavy (non-hydrogen) atoms. The van der Waals surface area contributed by atoms with Gasteiger partial charge in [-0.1, -0.05) is 19.1 Å². The summed E-state index contributed by atoms with van der Waals surface area (Å²) in [6.07, 6.45) is 7.77. The maximum absolute atomic E-state index is 12.4. The van der Waals surface area contributed by atoms with E-state index >= 15 is 0 Å². The molecule has 4 rings (SSSR count). The molecule has 132 valence electrons. The maximum atomic E-state index is 12.4. The molecule has 0 spiro atoms. The van der Waals surface area contributed by atoms with Crippen molar-refractivity contribution in [3.05, 3.63) is 50.3 Å². The van der Waals surface area contributed by atoms with Gasteiger partial charge >= 0.3 is 11.7 Å². The number of nitrogens with one attached hydrogen (secondary N) is 2. The highest BCUT2D eigenvalue weighted by molar-refractivity contribution is 5.96. The molecule has 6 heteroatoms. The van der Waals surface area contributed by atoms with E-state index in [-0.39, 0.29) is 29.0 Å². The van der Waals surface area contributed by atoms with Crippen molar-refractivity contribution in [2.24, 2.45) is 17.3 Å². The highest BCUT2D eigenvalue weighted by atomic mass is 16.6. The van der Waals surface area contributed by atoms with Gasteiger partial charge in [-0.2, -0.15) is 0 Å². The zero-order valence-corrected chi connectivity index (χ0v) is 14.3. The van der Waals surface area contributed by atoms with Gasteiger partial charge in [0.15, 0.2) is 0 Å². The smallest absolute Gasteiger partial charge is 0.334 e. The van der Waals surface area contributed by atoms with Crippen LogP contribution in [-0.4, -0.2) is 22.0 Å². The number of ether oxygens (including phenoxy) is 1. The van der Waals surface area contributed by atoms with E-state index in [4.69, 9.17) is 4.74 Å². The highest BCUT2D eigenvalue weighted by Gasteiger charge is 2.53. The van der Waals surface area contributed by atoms with Gasteiger partial charge in [-0.15, -0.1) is 0 Å². The second kappa shape index (κ2) is 5.58. The van der Waals surface area contributed by atoms with Crippen molar-refractivity contribution in [3.8, 4) is 0 Å². The number of hydrogen-bond donors (Lipinski definition) is 2. The summed E-state index contributed by atoms with van der Waals surface area (Å²) in [5.41, 5.74) is 1.14. The fourth-order valence-electron chi connectivity index (χ4n) is 4.93. The van der Waals surface area contributed by atoms with Crippen LogP contribution < -0.4 is 11.2 Å². The molecular weight excluding hydrogens is 320 g/mol. The van der Waals surface area contributed by atoms with Crippen molar-refractivity contribution in [2.45, 2.75) is 45.1 Å². The number of carbonyl (C=O) groups is 1. The number of allylic oxidation sites excluding steroid dienone is 1. The number of rotatable bonds is 1. The molecule has 3 aliphatic rings.